The summed E-state index contributed by atoms with van der Waals surface area (Å²) in [7, 11) is 1.91. The number of benzene rings is 1. The van der Waals surface area contributed by atoms with Gasteiger partial charge in [0.05, 0.1) is 0 Å². The van der Waals surface area contributed by atoms with E-state index in [1.807, 2.05) is 7.05 Å². The maximum absolute atomic E-state index is 4.86. The predicted octanol–water partition coefficient (Wildman–Crippen LogP) is 2.61. The Balaban J connectivity index is 1.67. The number of anilines is 1. The molecule has 0 amide bonds. The van der Waals surface area contributed by atoms with Gasteiger partial charge in [-0.2, -0.15) is 5.10 Å². The van der Waals surface area contributed by atoms with E-state index in [1.54, 1.807) is 11.0 Å². The van der Waals surface area contributed by atoms with E-state index >= 15 is 0 Å². The highest BCUT2D eigenvalue weighted by molar-refractivity contribution is 5.98. The minimum atomic E-state index is 0.303. The Hall–Kier alpha value is -2.37. The minimum absolute atomic E-state index is 0.303. The lowest BCUT2D eigenvalue weighted by atomic mass is 9.81. The number of aliphatic imine (C=N–C) groups is 1. The molecule has 0 bridgehead atoms. The summed E-state index contributed by atoms with van der Waals surface area (Å²) in [6, 6.07) is 8.85. The molecule has 0 radical (unpaired) electrons. The summed E-state index contributed by atoms with van der Waals surface area (Å²) in [5.74, 6) is 1.82. The van der Waals surface area contributed by atoms with Crippen molar-refractivity contribution in [1.82, 2.24) is 20.1 Å². The van der Waals surface area contributed by atoms with Crippen molar-refractivity contribution >= 4 is 11.6 Å². The molecule has 0 unspecified atom stereocenters. The molecule has 1 aliphatic heterocycles. The van der Waals surface area contributed by atoms with Gasteiger partial charge in [-0.15, -0.1) is 0 Å². The lowest BCUT2D eigenvalue weighted by Gasteiger charge is -2.26. The van der Waals surface area contributed by atoms with Gasteiger partial charge in [-0.05, 0) is 31.4 Å². The minimum Gasteiger partial charge on any atom is -0.356 e. The van der Waals surface area contributed by atoms with Crippen LogP contribution in [0, 0.1) is 0 Å². The van der Waals surface area contributed by atoms with Crippen molar-refractivity contribution in [3.8, 4) is 0 Å². The smallest absolute Gasteiger partial charge is 0.198 e. The van der Waals surface area contributed by atoms with Crippen molar-refractivity contribution in [2.75, 3.05) is 18.0 Å². The Kier molecular flexibility index (Phi) is 4.19. The van der Waals surface area contributed by atoms with Gasteiger partial charge in [0.2, 0.25) is 0 Å². The van der Waals surface area contributed by atoms with Crippen molar-refractivity contribution in [2.24, 2.45) is 12.0 Å². The molecular weight excluding hydrogens is 312 g/mol. The molecule has 0 atom stereocenters. The van der Waals surface area contributed by atoms with E-state index in [2.05, 4.69) is 51.5 Å². The number of nitrogens with one attached hydrogen (secondary N) is 1. The Morgan fingerprint density at radius 1 is 1.28 bits per heavy atom. The van der Waals surface area contributed by atoms with E-state index in [9.17, 15) is 0 Å². The molecule has 6 heteroatoms. The molecule has 1 N–H and O–H groups in total. The number of guanidine groups is 1. The van der Waals surface area contributed by atoms with Crippen LogP contribution in [0.1, 0.15) is 44.0 Å². The third kappa shape index (κ3) is 2.79. The van der Waals surface area contributed by atoms with E-state index in [-0.39, 0.29) is 0 Å². The van der Waals surface area contributed by atoms with Crippen molar-refractivity contribution in [2.45, 2.75) is 44.6 Å². The summed E-state index contributed by atoms with van der Waals surface area (Å²) in [4.78, 5) is 11.5. The first-order valence-corrected chi connectivity index (χ1v) is 9.22. The van der Waals surface area contributed by atoms with Crippen LogP contribution in [0.2, 0.25) is 0 Å². The lowest BCUT2D eigenvalue weighted by molar-refractivity contribution is 0.478. The molecule has 2 aromatic rings. The molecular formula is C19H26N6. The second-order valence-corrected chi connectivity index (χ2v) is 7.06. The molecule has 4 rings (SSSR count). The predicted molar refractivity (Wildman–Crippen MR) is 99.8 cm³/mol. The molecule has 1 aromatic heterocycles. The fraction of sp³-hybridized carbons (Fsp3) is 0.526. The summed E-state index contributed by atoms with van der Waals surface area (Å²) in [5, 5.41) is 7.61. The number of fused-ring (bicyclic) bond motifs is 2. The molecule has 2 heterocycles. The standard InChI is InChI=1S/C19H26N6/c1-3-20-18(21-12-17-22-14-23-24(17)2)25-13-19(10-6-7-11-19)15-8-4-5-9-16(15)25/h4-5,8-9,14H,3,6-7,10-13H2,1-2H3,(H,20,21). The van der Waals surface area contributed by atoms with Crippen LogP contribution < -0.4 is 10.2 Å². The second-order valence-electron chi connectivity index (χ2n) is 7.06. The number of rotatable bonds is 3. The van der Waals surface area contributed by atoms with E-state index in [1.165, 1.54) is 36.9 Å². The van der Waals surface area contributed by atoms with Crippen molar-refractivity contribution in [3.05, 3.63) is 42.0 Å². The van der Waals surface area contributed by atoms with Crippen molar-refractivity contribution in [1.29, 1.82) is 0 Å². The SMILES string of the molecule is CCNC(=NCc1ncnn1C)N1CC2(CCCC2)c2ccccc21. The molecule has 132 valence electrons. The highest BCUT2D eigenvalue weighted by Gasteiger charge is 2.45. The van der Waals surface area contributed by atoms with Gasteiger partial charge >= 0.3 is 0 Å². The molecule has 25 heavy (non-hydrogen) atoms. The molecule has 0 saturated heterocycles. The Labute approximate surface area is 149 Å². The number of aryl methyl sites for hydroxylation is 1. The van der Waals surface area contributed by atoms with Gasteiger partial charge in [0.25, 0.3) is 0 Å². The highest BCUT2D eigenvalue weighted by Crippen LogP contribution is 2.50. The van der Waals surface area contributed by atoms with Crippen LogP contribution in [0.5, 0.6) is 0 Å². The van der Waals surface area contributed by atoms with E-state index in [0.29, 0.717) is 12.0 Å². The van der Waals surface area contributed by atoms with Gasteiger partial charge in [-0.25, -0.2) is 9.98 Å². The van der Waals surface area contributed by atoms with Gasteiger partial charge in [0.1, 0.15) is 18.7 Å². The summed E-state index contributed by atoms with van der Waals surface area (Å²) < 4.78 is 1.78. The molecule has 1 saturated carbocycles. The fourth-order valence-electron chi connectivity index (χ4n) is 4.30. The van der Waals surface area contributed by atoms with Crippen LogP contribution in [0.3, 0.4) is 0 Å². The van der Waals surface area contributed by atoms with Gasteiger partial charge in [0, 0.05) is 31.2 Å². The van der Waals surface area contributed by atoms with Gasteiger partial charge in [-0.3, -0.25) is 4.68 Å². The number of hydrogen-bond donors (Lipinski definition) is 1. The quantitative estimate of drug-likeness (QED) is 0.690. The lowest BCUT2D eigenvalue weighted by Crippen LogP contribution is -2.43. The normalized spacial score (nSPS) is 18.8. The van der Waals surface area contributed by atoms with E-state index in [0.717, 1.165) is 24.9 Å². The Morgan fingerprint density at radius 3 is 2.80 bits per heavy atom. The second kappa shape index (κ2) is 6.50. The number of hydrogen-bond acceptors (Lipinski definition) is 3. The van der Waals surface area contributed by atoms with Crippen LogP contribution in [0.15, 0.2) is 35.6 Å². The first-order valence-electron chi connectivity index (χ1n) is 9.22. The van der Waals surface area contributed by atoms with E-state index in [4.69, 9.17) is 4.99 Å². The molecule has 6 nitrogen and oxygen atoms in total. The topological polar surface area (TPSA) is 58.3 Å². The van der Waals surface area contributed by atoms with Crippen LogP contribution in [-0.2, 0) is 19.0 Å². The maximum Gasteiger partial charge on any atom is 0.198 e. The summed E-state index contributed by atoms with van der Waals surface area (Å²) in [6.45, 7) is 4.52. The van der Waals surface area contributed by atoms with Gasteiger partial charge in [-0.1, -0.05) is 31.0 Å². The van der Waals surface area contributed by atoms with Crippen molar-refractivity contribution < 1.29 is 0 Å². The third-order valence-corrected chi connectivity index (χ3v) is 5.55. The molecule has 2 aliphatic rings. The zero-order valence-corrected chi connectivity index (χ0v) is 15.1. The molecule has 1 fully saturated rings. The zero-order chi connectivity index (χ0) is 17.3. The first kappa shape index (κ1) is 16.1. The van der Waals surface area contributed by atoms with Crippen LogP contribution >= 0.6 is 0 Å². The van der Waals surface area contributed by atoms with Gasteiger partial charge < -0.3 is 10.2 Å². The maximum atomic E-state index is 4.86. The van der Waals surface area contributed by atoms with Crippen LogP contribution in [0.25, 0.3) is 0 Å². The first-order chi connectivity index (χ1) is 12.2. The van der Waals surface area contributed by atoms with Gasteiger partial charge in [0.15, 0.2) is 5.96 Å². The molecule has 1 aromatic carbocycles. The summed E-state index contributed by atoms with van der Waals surface area (Å²) in [6.07, 6.45) is 6.80. The summed E-state index contributed by atoms with van der Waals surface area (Å²) >= 11 is 0. The average Bonchev–Trinajstić information content (AvgIpc) is 3.34. The number of aromatic nitrogens is 3. The third-order valence-electron chi connectivity index (χ3n) is 5.55. The monoisotopic (exact) mass is 338 g/mol. The number of nitrogens with zero attached hydrogens (tertiary/aromatic N) is 5. The Morgan fingerprint density at radius 2 is 2.08 bits per heavy atom. The zero-order valence-electron chi connectivity index (χ0n) is 15.1. The van der Waals surface area contributed by atoms with Crippen molar-refractivity contribution in [3.63, 3.8) is 0 Å². The largest absolute Gasteiger partial charge is 0.356 e. The van der Waals surface area contributed by atoms with Crippen LogP contribution in [0.4, 0.5) is 5.69 Å². The highest BCUT2D eigenvalue weighted by atomic mass is 15.3. The summed E-state index contributed by atoms with van der Waals surface area (Å²) in [5.41, 5.74) is 3.11. The van der Waals surface area contributed by atoms with E-state index < -0.39 is 0 Å². The molecule has 1 aliphatic carbocycles. The number of para-hydroxylation sites is 1. The van der Waals surface area contributed by atoms with Crippen LogP contribution in [-0.4, -0.2) is 33.8 Å². The fourth-order valence-corrected chi connectivity index (χ4v) is 4.30. The Bertz CT molecular complexity index is 772. The average molecular weight is 338 g/mol. The molecule has 1 spiro atoms.